The Kier molecular flexibility index (Phi) is 5.46. The Labute approximate surface area is 132 Å². The number of rotatable bonds is 5. The highest BCUT2D eigenvalue weighted by molar-refractivity contribution is 9.10. The van der Waals surface area contributed by atoms with E-state index in [4.69, 9.17) is 16.3 Å². The van der Waals surface area contributed by atoms with Gasteiger partial charge in [0, 0.05) is 10.9 Å². The summed E-state index contributed by atoms with van der Waals surface area (Å²) in [6.45, 7) is 0.102. The van der Waals surface area contributed by atoms with Crippen LogP contribution in [0.3, 0.4) is 0 Å². The maximum atomic E-state index is 9.61. The van der Waals surface area contributed by atoms with Crippen LogP contribution >= 0.6 is 27.5 Å². The van der Waals surface area contributed by atoms with E-state index in [1.807, 2.05) is 42.5 Å². The molecule has 0 amide bonds. The van der Waals surface area contributed by atoms with Gasteiger partial charge in [0.1, 0.15) is 5.75 Å². The van der Waals surface area contributed by atoms with Gasteiger partial charge in [0.2, 0.25) is 0 Å². The molecule has 2 nitrogen and oxygen atoms in total. The van der Waals surface area contributed by atoms with Gasteiger partial charge in [0.25, 0.3) is 0 Å². The second kappa shape index (κ2) is 7.11. The molecule has 0 saturated carbocycles. The van der Waals surface area contributed by atoms with Gasteiger partial charge >= 0.3 is 0 Å². The molecule has 2 aromatic rings. The normalized spacial score (nSPS) is 12.2. The first-order chi connectivity index (χ1) is 9.63. The molecule has 106 valence electrons. The van der Waals surface area contributed by atoms with E-state index in [0.29, 0.717) is 5.02 Å². The van der Waals surface area contributed by atoms with Gasteiger partial charge in [-0.2, -0.15) is 0 Å². The standard InChI is InChI=1S/C16H16BrClO2/c1-20-16-7-2-11(9-15(16)17)8-13(10-19)12-3-5-14(18)6-4-12/h2-7,9,13,19H,8,10H2,1H3. The van der Waals surface area contributed by atoms with Crippen LogP contribution in [-0.4, -0.2) is 18.8 Å². The van der Waals surface area contributed by atoms with Crippen molar-refractivity contribution in [2.75, 3.05) is 13.7 Å². The molecule has 0 aliphatic heterocycles. The number of aliphatic hydroxyl groups excluding tert-OH is 1. The topological polar surface area (TPSA) is 29.5 Å². The van der Waals surface area contributed by atoms with Crippen molar-refractivity contribution in [3.8, 4) is 5.75 Å². The van der Waals surface area contributed by atoms with Gasteiger partial charge < -0.3 is 9.84 Å². The SMILES string of the molecule is COc1ccc(CC(CO)c2ccc(Cl)cc2)cc1Br. The van der Waals surface area contributed by atoms with Gasteiger partial charge in [-0.15, -0.1) is 0 Å². The first-order valence-electron chi connectivity index (χ1n) is 6.32. The van der Waals surface area contributed by atoms with E-state index in [0.717, 1.165) is 27.8 Å². The van der Waals surface area contributed by atoms with Crippen LogP contribution in [0.15, 0.2) is 46.9 Å². The quantitative estimate of drug-likeness (QED) is 0.860. The van der Waals surface area contributed by atoms with Gasteiger partial charge in [-0.3, -0.25) is 0 Å². The third-order valence-electron chi connectivity index (χ3n) is 3.26. The lowest BCUT2D eigenvalue weighted by Crippen LogP contribution is -2.07. The first kappa shape index (κ1) is 15.4. The van der Waals surface area contributed by atoms with E-state index in [1.165, 1.54) is 0 Å². The van der Waals surface area contributed by atoms with Gasteiger partial charge in [0.15, 0.2) is 0 Å². The molecule has 1 atom stereocenters. The maximum Gasteiger partial charge on any atom is 0.133 e. The molecule has 0 aromatic heterocycles. The summed E-state index contributed by atoms with van der Waals surface area (Å²) in [7, 11) is 1.64. The number of benzene rings is 2. The lowest BCUT2D eigenvalue weighted by atomic mass is 9.93. The Bertz CT molecular complexity index is 569. The Morgan fingerprint density at radius 1 is 1.20 bits per heavy atom. The van der Waals surface area contributed by atoms with Crippen LogP contribution < -0.4 is 4.74 Å². The summed E-state index contributed by atoms with van der Waals surface area (Å²) < 4.78 is 6.14. The zero-order valence-electron chi connectivity index (χ0n) is 11.1. The molecule has 20 heavy (non-hydrogen) atoms. The van der Waals surface area contributed by atoms with Crippen molar-refractivity contribution in [2.24, 2.45) is 0 Å². The van der Waals surface area contributed by atoms with Crippen molar-refractivity contribution in [2.45, 2.75) is 12.3 Å². The van der Waals surface area contributed by atoms with E-state index in [-0.39, 0.29) is 12.5 Å². The molecule has 0 saturated heterocycles. The Morgan fingerprint density at radius 3 is 2.45 bits per heavy atom. The van der Waals surface area contributed by atoms with Crippen LogP contribution in [0.25, 0.3) is 0 Å². The van der Waals surface area contributed by atoms with Crippen LogP contribution in [0.2, 0.25) is 5.02 Å². The van der Waals surface area contributed by atoms with Crippen LogP contribution in [0, 0.1) is 0 Å². The minimum atomic E-state index is 0.0626. The van der Waals surface area contributed by atoms with E-state index >= 15 is 0 Å². The van der Waals surface area contributed by atoms with Crippen molar-refractivity contribution in [3.05, 3.63) is 63.1 Å². The molecule has 0 heterocycles. The van der Waals surface area contributed by atoms with Crippen LogP contribution in [0.5, 0.6) is 5.75 Å². The molecule has 2 aromatic carbocycles. The summed E-state index contributed by atoms with van der Waals surface area (Å²) in [5.41, 5.74) is 2.23. The first-order valence-corrected chi connectivity index (χ1v) is 7.50. The highest BCUT2D eigenvalue weighted by atomic mass is 79.9. The Balaban J connectivity index is 2.17. The second-order valence-electron chi connectivity index (χ2n) is 4.60. The number of aliphatic hydroxyl groups is 1. The fourth-order valence-electron chi connectivity index (χ4n) is 2.14. The van der Waals surface area contributed by atoms with Crippen LogP contribution in [0.4, 0.5) is 0 Å². The minimum Gasteiger partial charge on any atom is -0.496 e. The highest BCUT2D eigenvalue weighted by Crippen LogP contribution is 2.28. The minimum absolute atomic E-state index is 0.0626. The number of hydrogen-bond donors (Lipinski definition) is 1. The third-order valence-corrected chi connectivity index (χ3v) is 4.13. The van der Waals surface area contributed by atoms with Crippen LogP contribution in [-0.2, 0) is 6.42 Å². The summed E-state index contributed by atoms with van der Waals surface area (Å²) in [5, 5.41) is 10.3. The smallest absolute Gasteiger partial charge is 0.133 e. The van der Waals surface area contributed by atoms with Crippen LogP contribution in [0.1, 0.15) is 17.0 Å². The average molecular weight is 356 g/mol. The summed E-state index contributed by atoms with van der Waals surface area (Å²) in [6.07, 6.45) is 0.765. The molecule has 1 N–H and O–H groups in total. The number of hydrogen-bond acceptors (Lipinski definition) is 2. The zero-order valence-corrected chi connectivity index (χ0v) is 13.5. The molecule has 4 heteroatoms. The van der Waals surface area contributed by atoms with E-state index < -0.39 is 0 Å². The Hall–Kier alpha value is -1.03. The molecule has 0 radical (unpaired) electrons. The highest BCUT2D eigenvalue weighted by Gasteiger charge is 2.12. The predicted octanol–water partition coefficient (Wildman–Crippen LogP) is 4.43. The third kappa shape index (κ3) is 3.75. The molecule has 1 unspecified atom stereocenters. The molecule has 0 aliphatic carbocycles. The summed E-state index contributed by atoms with van der Waals surface area (Å²) >= 11 is 9.37. The van der Waals surface area contributed by atoms with Gasteiger partial charge in [-0.25, -0.2) is 0 Å². The second-order valence-corrected chi connectivity index (χ2v) is 5.89. The van der Waals surface area contributed by atoms with Crippen molar-refractivity contribution in [1.29, 1.82) is 0 Å². The molecule has 0 spiro atoms. The van der Waals surface area contributed by atoms with Crippen molar-refractivity contribution < 1.29 is 9.84 Å². The van der Waals surface area contributed by atoms with Gasteiger partial charge in [-0.05, 0) is 57.7 Å². The number of ether oxygens (including phenoxy) is 1. The summed E-state index contributed by atoms with van der Waals surface area (Å²) in [5.74, 6) is 0.869. The monoisotopic (exact) mass is 354 g/mol. The Morgan fingerprint density at radius 2 is 1.90 bits per heavy atom. The molecule has 2 rings (SSSR count). The summed E-state index contributed by atoms with van der Waals surface area (Å²) in [6, 6.07) is 13.6. The van der Waals surface area contributed by atoms with Crippen molar-refractivity contribution in [1.82, 2.24) is 0 Å². The average Bonchev–Trinajstić information content (AvgIpc) is 2.46. The van der Waals surface area contributed by atoms with Crippen molar-refractivity contribution in [3.63, 3.8) is 0 Å². The molecule has 0 bridgehead atoms. The maximum absolute atomic E-state index is 9.61. The largest absolute Gasteiger partial charge is 0.496 e. The lowest BCUT2D eigenvalue weighted by molar-refractivity contribution is 0.264. The lowest BCUT2D eigenvalue weighted by Gasteiger charge is -2.15. The predicted molar refractivity (Wildman–Crippen MR) is 85.7 cm³/mol. The van der Waals surface area contributed by atoms with E-state index in [1.54, 1.807) is 7.11 Å². The molecule has 0 fully saturated rings. The van der Waals surface area contributed by atoms with Crippen molar-refractivity contribution >= 4 is 27.5 Å². The molecular weight excluding hydrogens is 340 g/mol. The summed E-state index contributed by atoms with van der Waals surface area (Å²) in [4.78, 5) is 0. The van der Waals surface area contributed by atoms with Gasteiger partial charge in [-0.1, -0.05) is 29.8 Å². The van der Waals surface area contributed by atoms with Gasteiger partial charge in [0.05, 0.1) is 18.2 Å². The number of halogens is 2. The van der Waals surface area contributed by atoms with E-state index in [2.05, 4.69) is 15.9 Å². The zero-order chi connectivity index (χ0) is 14.5. The fraction of sp³-hybridized carbons (Fsp3) is 0.250. The fourth-order valence-corrected chi connectivity index (χ4v) is 2.86. The number of methoxy groups -OCH3 is 1. The molecular formula is C16H16BrClO2. The van der Waals surface area contributed by atoms with E-state index in [9.17, 15) is 5.11 Å². The molecule has 0 aliphatic rings.